The van der Waals surface area contributed by atoms with Gasteiger partial charge in [0.25, 0.3) is 10.0 Å². The molecule has 1 N–H and O–H groups in total. The van der Waals surface area contributed by atoms with Gasteiger partial charge in [0.05, 0.1) is 34.4 Å². The van der Waals surface area contributed by atoms with Crippen molar-refractivity contribution < 1.29 is 13.2 Å². The summed E-state index contributed by atoms with van der Waals surface area (Å²) in [6.45, 7) is 3.43. The van der Waals surface area contributed by atoms with Crippen LogP contribution in [0.4, 0.5) is 5.13 Å². The van der Waals surface area contributed by atoms with E-state index >= 15 is 0 Å². The maximum absolute atomic E-state index is 13.1. The number of aromatic nitrogens is 3. The van der Waals surface area contributed by atoms with Crippen LogP contribution in [0.15, 0.2) is 53.4 Å². The first-order valence-electron chi connectivity index (χ1n) is 8.48. The highest BCUT2D eigenvalue weighted by atomic mass is 32.2. The maximum atomic E-state index is 13.1. The SMILES string of the molecule is COc1ccc2nc(NS(=O)(=O)c3c(C)nn(-c4ccccc4)c3C)sc2c1. The fourth-order valence-electron chi connectivity index (χ4n) is 3.08. The Morgan fingerprint density at radius 1 is 1.11 bits per heavy atom. The molecule has 0 bridgehead atoms. The van der Waals surface area contributed by atoms with Gasteiger partial charge in [0.1, 0.15) is 10.6 Å². The molecule has 2 heterocycles. The van der Waals surface area contributed by atoms with Gasteiger partial charge in [0.15, 0.2) is 5.13 Å². The van der Waals surface area contributed by atoms with Crippen LogP contribution >= 0.6 is 11.3 Å². The number of methoxy groups -OCH3 is 1. The number of para-hydroxylation sites is 1. The maximum Gasteiger partial charge on any atom is 0.267 e. The molecule has 0 amide bonds. The van der Waals surface area contributed by atoms with Crippen molar-refractivity contribution in [1.29, 1.82) is 0 Å². The van der Waals surface area contributed by atoms with Crippen molar-refractivity contribution in [3.05, 3.63) is 59.9 Å². The van der Waals surface area contributed by atoms with Crippen molar-refractivity contribution in [1.82, 2.24) is 14.8 Å². The number of benzene rings is 2. The molecule has 0 fully saturated rings. The van der Waals surface area contributed by atoms with E-state index in [4.69, 9.17) is 4.74 Å². The summed E-state index contributed by atoms with van der Waals surface area (Å²) in [5.74, 6) is 0.696. The molecular weight excluding hydrogens is 396 g/mol. The minimum Gasteiger partial charge on any atom is -0.497 e. The second-order valence-electron chi connectivity index (χ2n) is 6.21. The molecule has 9 heteroatoms. The van der Waals surface area contributed by atoms with Crippen LogP contribution in [0.2, 0.25) is 0 Å². The molecule has 0 aliphatic heterocycles. The highest BCUT2D eigenvalue weighted by Crippen LogP contribution is 2.31. The molecule has 4 rings (SSSR count). The van der Waals surface area contributed by atoms with E-state index in [1.807, 2.05) is 36.4 Å². The lowest BCUT2D eigenvalue weighted by atomic mass is 10.3. The fourth-order valence-corrected chi connectivity index (χ4v) is 5.60. The Kier molecular flexibility index (Phi) is 4.56. The summed E-state index contributed by atoms with van der Waals surface area (Å²) < 4.78 is 36.4. The molecule has 0 spiro atoms. The second kappa shape index (κ2) is 6.92. The Bertz CT molecular complexity index is 1260. The first kappa shape index (κ1) is 18.5. The van der Waals surface area contributed by atoms with Gasteiger partial charge in [-0.3, -0.25) is 4.72 Å². The average molecular weight is 415 g/mol. The zero-order chi connectivity index (χ0) is 19.9. The number of sulfonamides is 1. The number of nitrogens with one attached hydrogen (secondary N) is 1. The van der Waals surface area contributed by atoms with E-state index in [0.29, 0.717) is 27.8 Å². The minimum absolute atomic E-state index is 0.160. The molecule has 144 valence electrons. The van der Waals surface area contributed by atoms with Gasteiger partial charge in [-0.25, -0.2) is 18.1 Å². The third-order valence-electron chi connectivity index (χ3n) is 4.31. The Morgan fingerprint density at radius 2 is 1.86 bits per heavy atom. The van der Waals surface area contributed by atoms with E-state index < -0.39 is 10.0 Å². The lowest BCUT2D eigenvalue weighted by Gasteiger charge is -2.07. The van der Waals surface area contributed by atoms with Crippen molar-refractivity contribution in [2.24, 2.45) is 0 Å². The molecule has 0 aliphatic carbocycles. The number of rotatable bonds is 5. The quantitative estimate of drug-likeness (QED) is 0.535. The van der Waals surface area contributed by atoms with E-state index in [9.17, 15) is 8.42 Å². The monoisotopic (exact) mass is 414 g/mol. The Morgan fingerprint density at radius 3 is 2.57 bits per heavy atom. The number of nitrogens with zero attached hydrogens (tertiary/aromatic N) is 3. The predicted molar refractivity (Wildman–Crippen MR) is 110 cm³/mol. The molecule has 4 aromatic rings. The van der Waals surface area contributed by atoms with E-state index in [-0.39, 0.29) is 4.90 Å². The summed E-state index contributed by atoms with van der Waals surface area (Å²) in [6, 6.07) is 14.8. The van der Waals surface area contributed by atoms with Gasteiger partial charge < -0.3 is 4.74 Å². The molecular formula is C19H18N4O3S2. The van der Waals surface area contributed by atoms with E-state index in [0.717, 1.165) is 10.4 Å². The Labute approximate surface area is 166 Å². The Balaban J connectivity index is 1.72. The molecule has 0 saturated heterocycles. The molecule has 28 heavy (non-hydrogen) atoms. The van der Waals surface area contributed by atoms with Crippen LogP contribution in [0.1, 0.15) is 11.4 Å². The normalized spacial score (nSPS) is 11.7. The third-order valence-corrected chi connectivity index (χ3v) is 6.96. The molecule has 0 unspecified atom stereocenters. The van der Waals surface area contributed by atoms with Gasteiger partial charge in [-0.05, 0) is 44.2 Å². The molecule has 0 aliphatic rings. The minimum atomic E-state index is -3.84. The second-order valence-corrected chi connectivity index (χ2v) is 8.86. The summed E-state index contributed by atoms with van der Waals surface area (Å²) in [6.07, 6.45) is 0. The summed E-state index contributed by atoms with van der Waals surface area (Å²) in [7, 11) is -2.26. The van der Waals surface area contributed by atoms with Crippen molar-refractivity contribution in [3.8, 4) is 11.4 Å². The number of fused-ring (bicyclic) bond motifs is 1. The summed E-state index contributed by atoms with van der Waals surface area (Å²) in [5, 5.41) is 4.72. The first-order valence-corrected chi connectivity index (χ1v) is 10.8. The van der Waals surface area contributed by atoms with E-state index in [2.05, 4.69) is 14.8 Å². The molecule has 7 nitrogen and oxygen atoms in total. The standard InChI is InChI=1S/C19H18N4O3S2/c1-12-18(13(2)23(21-12)14-7-5-4-6-8-14)28(24,25)22-19-20-16-10-9-15(26-3)11-17(16)27-19/h4-11H,1-3H3,(H,20,22). The van der Waals surface area contributed by atoms with Crippen molar-refractivity contribution in [3.63, 3.8) is 0 Å². The number of hydrogen-bond acceptors (Lipinski definition) is 6. The number of aryl methyl sites for hydroxylation is 1. The van der Waals surface area contributed by atoms with Gasteiger partial charge in [-0.15, -0.1) is 0 Å². The smallest absolute Gasteiger partial charge is 0.267 e. The van der Waals surface area contributed by atoms with Crippen molar-refractivity contribution >= 4 is 36.7 Å². The highest BCUT2D eigenvalue weighted by molar-refractivity contribution is 7.93. The first-order chi connectivity index (χ1) is 13.4. The van der Waals surface area contributed by atoms with Crippen molar-refractivity contribution in [2.75, 3.05) is 11.8 Å². The van der Waals surface area contributed by atoms with Crippen LogP contribution in [0.5, 0.6) is 5.75 Å². The average Bonchev–Trinajstić information content (AvgIpc) is 3.20. The van der Waals surface area contributed by atoms with E-state index in [1.165, 1.54) is 11.3 Å². The zero-order valence-electron chi connectivity index (χ0n) is 15.5. The largest absolute Gasteiger partial charge is 0.497 e. The highest BCUT2D eigenvalue weighted by Gasteiger charge is 2.26. The van der Waals surface area contributed by atoms with Gasteiger partial charge in [-0.2, -0.15) is 5.10 Å². The van der Waals surface area contributed by atoms with Crippen LogP contribution in [-0.4, -0.2) is 30.3 Å². The van der Waals surface area contributed by atoms with Crippen LogP contribution in [0, 0.1) is 13.8 Å². The topological polar surface area (TPSA) is 86.1 Å². The van der Waals surface area contributed by atoms with Gasteiger partial charge in [0, 0.05) is 0 Å². The number of hydrogen-bond donors (Lipinski definition) is 1. The Hall–Kier alpha value is -2.91. The number of ether oxygens (including phenoxy) is 1. The molecule has 0 atom stereocenters. The van der Waals surface area contributed by atoms with Crippen LogP contribution in [0.3, 0.4) is 0 Å². The molecule has 2 aromatic carbocycles. The number of anilines is 1. The summed E-state index contributed by atoms with van der Waals surface area (Å²) >= 11 is 1.25. The predicted octanol–water partition coefficient (Wildman–Crippen LogP) is 3.91. The van der Waals surface area contributed by atoms with Crippen LogP contribution < -0.4 is 9.46 Å². The molecule has 0 radical (unpaired) electrons. The van der Waals surface area contributed by atoms with E-state index in [1.54, 1.807) is 37.8 Å². The number of thiazole rings is 1. The van der Waals surface area contributed by atoms with Gasteiger partial charge in [-0.1, -0.05) is 29.5 Å². The van der Waals surface area contributed by atoms with Gasteiger partial charge >= 0.3 is 0 Å². The van der Waals surface area contributed by atoms with Crippen LogP contribution in [-0.2, 0) is 10.0 Å². The molecule has 2 aromatic heterocycles. The summed E-state index contributed by atoms with van der Waals surface area (Å²) in [5.41, 5.74) is 2.48. The fraction of sp³-hybridized carbons (Fsp3) is 0.158. The lowest BCUT2D eigenvalue weighted by molar-refractivity contribution is 0.415. The van der Waals surface area contributed by atoms with Crippen LogP contribution in [0.25, 0.3) is 15.9 Å². The summed E-state index contributed by atoms with van der Waals surface area (Å²) in [4.78, 5) is 4.53. The lowest BCUT2D eigenvalue weighted by Crippen LogP contribution is -2.14. The van der Waals surface area contributed by atoms with Crippen molar-refractivity contribution in [2.45, 2.75) is 18.7 Å². The third kappa shape index (κ3) is 3.23. The molecule has 0 saturated carbocycles. The van der Waals surface area contributed by atoms with Gasteiger partial charge in [0.2, 0.25) is 0 Å². The zero-order valence-corrected chi connectivity index (χ0v) is 17.1.